The Labute approximate surface area is 54.6 Å². The maximum atomic E-state index is 10.5. The van der Waals surface area contributed by atoms with Gasteiger partial charge in [0.2, 0.25) is 0 Å². The maximum Gasteiger partial charge on any atom is 0.178 e. The van der Waals surface area contributed by atoms with Crippen LogP contribution < -0.4 is 0 Å². The summed E-state index contributed by atoms with van der Waals surface area (Å²) in [5, 5.41) is 0. The quantitative estimate of drug-likeness (QED) is 0.521. The van der Waals surface area contributed by atoms with Crippen LogP contribution in [-0.2, 0) is 4.79 Å². The predicted molar refractivity (Wildman–Crippen MR) is 38.5 cm³/mol. The van der Waals surface area contributed by atoms with Gasteiger partial charge in [-0.2, -0.15) is 0 Å². The van der Waals surface area contributed by atoms with Crippen LogP contribution in [0.2, 0.25) is 0 Å². The van der Waals surface area contributed by atoms with Crippen LogP contribution in [0.15, 0.2) is 30.4 Å². The van der Waals surface area contributed by atoms with Crippen molar-refractivity contribution in [3.63, 3.8) is 0 Å². The van der Waals surface area contributed by atoms with Gasteiger partial charge in [0, 0.05) is 13.1 Å². The molecule has 0 aromatic rings. The van der Waals surface area contributed by atoms with Gasteiger partial charge in [-0.3, -0.25) is 9.79 Å². The monoisotopic (exact) mass is 123 g/mol. The third kappa shape index (κ3) is 2.59. The number of carbonyl (C=O) groups is 1. The zero-order chi connectivity index (χ0) is 7.28. The average molecular weight is 123 g/mol. The SMILES string of the molecule is C=C/N=C(\C=C)C(C)=O. The molecule has 0 saturated carbocycles. The summed E-state index contributed by atoms with van der Waals surface area (Å²) in [6.45, 7) is 8.18. The second-order valence-corrected chi connectivity index (χ2v) is 1.46. The highest BCUT2D eigenvalue weighted by atomic mass is 16.1. The Bertz CT molecular complexity index is 168. The maximum absolute atomic E-state index is 10.5. The minimum absolute atomic E-state index is 0.0927. The molecule has 0 aliphatic carbocycles. The minimum Gasteiger partial charge on any atom is -0.293 e. The standard InChI is InChI=1S/C7H9NO/c1-4-7(6(3)9)8-5-2/h4-5H,1-2H2,3H3/b8-7+. The van der Waals surface area contributed by atoms with E-state index in [1.54, 1.807) is 0 Å². The van der Waals surface area contributed by atoms with Crippen LogP contribution in [0.5, 0.6) is 0 Å². The number of hydrogen-bond donors (Lipinski definition) is 0. The van der Waals surface area contributed by atoms with E-state index in [2.05, 4.69) is 18.2 Å². The molecule has 2 nitrogen and oxygen atoms in total. The zero-order valence-corrected chi connectivity index (χ0v) is 5.42. The van der Waals surface area contributed by atoms with E-state index in [9.17, 15) is 4.79 Å². The molecule has 0 aliphatic heterocycles. The lowest BCUT2D eigenvalue weighted by atomic mass is 10.3. The lowest BCUT2D eigenvalue weighted by molar-refractivity contribution is -0.111. The van der Waals surface area contributed by atoms with Gasteiger partial charge >= 0.3 is 0 Å². The molecule has 0 amide bonds. The fourth-order valence-electron chi connectivity index (χ4n) is 0.386. The number of rotatable bonds is 3. The molecular weight excluding hydrogens is 114 g/mol. The molecule has 0 unspecified atom stereocenters. The summed E-state index contributed by atoms with van der Waals surface area (Å²) < 4.78 is 0. The molecule has 0 radical (unpaired) electrons. The van der Waals surface area contributed by atoms with Gasteiger partial charge in [0.25, 0.3) is 0 Å². The minimum atomic E-state index is -0.0927. The molecular formula is C7H9NO. The van der Waals surface area contributed by atoms with Crippen LogP contribution in [0.1, 0.15) is 6.92 Å². The summed E-state index contributed by atoms with van der Waals surface area (Å²) in [4.78, 5) is 14.2. The lowest BCUT2D eigenvalue weighted by Crippen LogP contribution is -2.04. The number of allylic oxidation sites excluding steroid dienone is 1. The van der Waals surface area contributed by atoms with Crippen molar-refractivity contribution < 1.29 is 4.79 Å². The highest BCUT2D eigenvalue weighted by molar-refractivity contribution is 6.43. The highest BCUT2D eigenvalue weighted by Gasteiger charge is 1.95. The van der Waals surface area contributed by atoms with Crippen LogP contribution >= 0.6 is 0 Å². The van der Waals surface area contributed by atoms with Crippen molar-refractivity contribution in [3.8, 4) is 0 Å². The van der Waals surface area contributed by atoms with E-state index >= 15 is 0 Å². The molecule has 0 saturated heterocycles. The molecule has 0 rings (SSSR count). The van der Waals surface area contributed by atoms with Crippen LogP contribution in [0.4, 0.5) is 0 Å². The van der Waals surface area contributed by atoms with Gasteiger partial charge in [-0.25, -0.2) is 0 Å². The van der Waals surface area contributed by atoms with Gasteiger partial charge in [-0.05, 0) is 6.08 Å². The molecule has 0 aromatic heterocycles. The first-order chi connectivity index (χ1) is 4.22. The van der Waals surface area contributed by atoms with Gasteiger partial charge < -0.3 is 0 Å². The number of Topliss-reactive ketones (excluding diaryl/α,β-unsaturated/α-hetero) is 1. The van der Waals surface area contributed by atoms with E-state index in [1.807, 2.05) is 0 Å². The fraction of sp³-hybridized carbons (Fsp3) is 0.143. The Morgan fingerprint density at radius 1 is 1.56 bits per heavy atom. The second kappa shape index (κ2) is 3.78. The van der Waals surface area contributed by atoms with Crippen molar-refractivity contribution in [1.82, 2.24) is 0 Å². The smallest absolute Gasteiger partial charge is 0.178 e. The van der Waals surface area contributed by atoms with Crippen LogP contribution in [0.25, 0.3) is 0 Å². The Balaban J connectivity index is 4.32. The lowest BCUT2D eigenvalue weighted by Gasteiger charge is -1.87. The van der Waals surface area contributed by atoms with Crippen LogP contribution in [-0.4, -0.2) is 11.5 Å². The number of ketones is 1. The van der Waals surface area contributed by atoms with Gasteiger partial charge in [-0.1, -0.05) is 13.2 Å². The molecule has 0 heterocycles. The van der Waals surface area contributed by atoms with Crippen LogP contribution in [0.3, 0.4) is 0 Å². The molecule has 0 aliphatic rings. The molecule has 0 aromatic carbocycles. The first-order valence-corrected chi connectivity index (χ1v) is 2.54. The molecule has 48 valence electrons. The van der Waals surface area contributed by atoms with E-state index in [0.29, 0.717) is 5.71 Å². The summed E-state index contributed by atoms with van der Waals surface area (Å²) in [5.41, 5.74) is 0.352. The fourth-order valence-corrected chi connectivity index (χ4v) is 0.386. The van der Waals surface area contributed by atoms with E-state index < -0.39 is 0 Å². The first-order valence-electron chi connectivity index (χ1n) is 2.54. The summed E-state index contributed by atoms with van der Waals surface area (Å²) in [6, 6.07) is 0. The predicted octanol–water partition coefficient (Wildman–Crippen LogP) is 1.35. The molecule has 0 atom stereocenters. The number of hydrogen-bond acceptors (Lipinski definition) is 2. The van der Waals surface area contributed by atoms with E-state index in [0.717, 1.165) is 0 Å². The van der Waals surface area contributed by atoms with Crippen LogP contribution in [0, 0.1) is 0 Å². The Hall–Kier alpha value is -1.18. The number of aliphatic imine (C=N–C) groups is 1. The molecule has 9 heavy (non-hydrogen) atoms. The van der Waals surface area contributed by atoms with Crippen molar-refractivity contribution in [2.75, 3.05) is 0 Å². The number of nitrogens with zero attached hydrogens (tertiary/aromatic N) is 1. The first kappa shape index (κ1) is 7.82. The largest absolute Gasteiger partial charge is 0.293 e. The molecule has 0 N–H and O–H groups in total. The van der Waals surface area contributed by atoms with E-state index in [4.69, 9.17) is 0 Å². The van der Waals surface area contributed by atoms with Crippen molar-refractivity contribution in [1.29, 1.82) is 0 Å². The molecule has 0 fully saturated rings. The van der Waals surface area contributed by atoms with Gasteiger partial charge in [0.05, 0.1) is 0 Å². The number of carbonyl (C=O) groups excluding carboxylic acids is 1. The van der Waals surface area contributed by atoms with Crippen molar-refractivity contribution in [2.45, 2.75) is 6.92 Å². The van der Waals surface area contributed by atoms with Crippen molar-refractivity contribution >= 4 is 11.5 Å². The van der Waals surface area contributed by atoms with Gasteiger partial charge in [0.15, 0.2) is 5.78 Å². The Kier molecular flexibility index (Phi) is 3.28. The zero-order valence-electron chi connectivity index (χ0n) is 5.42. The summed E-state index contributed by atoms with van der Waals surface area (Å²) in [6.07, 6.45) is 2.72. The third-order valence-electron chi connectivity index (χ3n) is 0.784. The van der Waals surface area contributed by atoms with E-state index in [1.165, 1.54) is 19.2 Å². The normalized spacial score (nSPS) is 10.6. The van der Waals surface area contributed by atoms with Crippen molar-refractivity contribution in [2.24, 2.45) is 4.99 Å². The second-order valence-electron chi connectivity index (χ2n) is 1.46. The molecule has 0 spiro atoms. The van der Waals surface area contributed by atoms with Crippen molar-refractivity contribution in [3.05, 3.63) is 25.4 Å². The highest BCUT2D eigenvalue weighted by Crippen LogP contribution is 1.82. The summed E-state index contributed by atoms with van der Waals surface area (Å²) >= 11 is 0. The topological polar surface area (TPSA) is 29.4 Å². The third-order valence-corrected chi connectivity index (χ3v) is 0.784. The molecule has 0 bridgehead atoms. The van der Waals surface area contributed by atoms with Gasteiger partial charge in [-0.15, -0.1) is 0 Å². The Morgan fingerprint density at radius 2 is 2.11 bits per heavy atom. The summed E-state index contributed by atoms with van der Waals surface area (Å²) in [5.74, 6) is -0.0927. The Morgan fingerprint density at radius 3 is 2.22 bits per heavy atom. The summed E-state index contributed by atoms with van der Waals surface area (Å²) in [7, 11) is 0. The average Bonchev–Trinajstić information content (AvgIpc) is 1.82. The van der Waals surface area contributed by atoms with Gasteiger partial charge in [0.1, 0.15) is 5.71 Å². The van der Waals surface area contributed by atoms with E-state index in [-0.39, 0.29) is 5.78 Å². The molecule has 2 heteroatoms.